The van der Waals surface area contributed by atoms with E-state index in [1.54, 1.807) is 7.05 Å². The zero-order chi connectivity index (χ0) is 13.0. The standard InChI is InChI=1S/C9H14N4O4/c1-11-4-7(14)8(15)6-2-5(13(16)17)3-12-9(6)10/h2-3,7-8,11,14-15H,4H2,1H3,(H2,10,12). The highest BCUT2D eigenvalue weighted by atomic mass is 16.6. The number of nitrogens with two attached hydrogens (primary N) is 1. The fraction of sp³-hybridized carbons (Fsp3) is 0.444. The number of nitrogens with zero attached hydrogens (tertiary/aromatic N) is 2. The third-order valence-corrected chi connectivity index (χ3v) is 2.24. The molecule has 0 spiro atoms. The first kappa shape index (κ1) is 13.3. The molecule has 0 aliphatic carbocycles. The molecule has 8 heteroatoms. The first-order valence-electron chi connectivity index (χ1n) is 4.88. The van der Waals surface area contributed by atoms with Gasteiger partial charge in [0.1, 0.15) is 18.1 Å². The van der Waals surface area contributed by atoms with Crippen molar-refractivity contribution in [1.82, 2.24) is 10.3 Å². The molecule has 0 aliphatic heterocycles. The van der Waals surface area contributed by atoms with Crippen LogP contribution in [0.4, 0.5) is 11.5 Å². The summed E-state index contributed by atoms with van der Waals surface area (Å²) in [6, 6.07) is 1.10. The van der Waals surface area contributed by atoms with E-state index in [2.05, 4.69) is 10.3 Å². The number of nitro groups is 1. The first-order valence-corrected chi connectivity index (χ1v) is 4.88. The maximum atomic E-state index is 10.6. The minimum absolute atomic E-state index is 0.0433. The van der Waals surface area contributed by atoms with Crippen LogP contribution in [0.1, 0.15) is 11.7 Å². The Kier molecular flexibility index (Phi) is 4.32. The van der Waals surface area contributed by atoms with Crippen LogP contribution in [0.15, 0.2) is 12.3 Å². The van der Waals surface area contributed by atoms with Crippen molar-refractivity contribution in [2.45, 2.75) is 12.2 Å². The molecule has 1 rings (SSSR count). The van der Waals surface area contributed by atoms with E-state index >= 15 is 0 Å². The summed E-state index contributed by atoms with van der Waals surface area (Å²) in [6.07, 6.45) is -1.45. The van der Waals surface area contributed by atoms with Crippen molar-refractivity contribution in [3.8, 4) is 0 Å². The number of hydrogen-bond acceptors (Lipinski definition) is 7. The molecule has 2 atom stereocenters. The summed E-state index contributed by atoms with van der Waals surface area (Å²) in [6.45, 7) is 0.128. The fourth-order valence-electron chi connectivity index (χ4n) is 1.35. The molecule has 0 saturated carbocycles. The van der Waals surface area contributed by atoms with E-state index in [1.165, 1.54) is 0 Å². The highest BCUT2D eigenvalue weighted by Gasteiger charge is 2.23. The van der Waals surface area contributed by atoms with Crippen LogP contribution in [-0.2, 0) is 0 Å². The Hall–Kier alpha value is -1.77. The van der Waals surface area contributed by atoms with Gasteiger partial charge < -0.3 is 21.3 Å². The summed E-state index contributed by atoms with van der Waals surface area (Å²) >= 11 is 0. The molecule has 5 N–H and O–H groups in total. The molecule has 0 fully saturated rings. The van der Waals surface area contributed by atoms with E-state index < -0.39 is 17.1 Å². The van der Waals surface area contributed by atoms with Gasteiger partial charge in [0.15, 0.2) is 0 Å². The molecular weight excluding hydrogens is 228 g/mol. The molecule has 8 nitrogen and oxygen atoms in total. The predicted octanol–water partition coefficient (Wildman–Crippen LogP) is -0.814. The van der Waals surface area contributed by atoms with Crippen LogP contribution < -0.4 is 11.1 Å². The van der Waals surface area contributed by atoms with Gasteiger partial charge in [0.25, 0.3) is 5.69 Å². The lowest BCUT2D eigenvalue weighted by Gasteiger charge is -2.18. The lowest BCUT2D eigenvalue weighted by molar-refractivity contribution is -0.385. The van der Waals surface area contributed by atoms with Gasteiger partial charge in [-0.3, -0.25) is 10.1 Å². The molecule has 0 bridgehead atoms. The maximum absolute atomic E-state index is 10.6. The third kappa shape index (κ3) is 3.09. The summed E-state index contributed by atoms with van der Waals surface area (Å²) in [5.74, 6) is -0.0433. The summed E-state index contributed by atoms with van der Waals surface area (Å²) in [5.41, 5.74) is 5.26. The van der Waals surface area contributed by atoms with Gasteiger partial charge in [-0.15, -0.1) is 0 Å². The van der Waals surface area contributed by atoms with Crippen molar-refractivity contribution < 1.29 is 15.1 Å². The van der Waals surface area contributed by atoms with Crippen LogP contribution in [0, 0.1) is 10.1 Å². The van der Waals surface area contributed by atoms with Crippen molar-refractivity contribution in [2.24, 2.45) is 0 Å². The zero-order valence-electron chi connectivity index (χ0n) is 9.20. The summed E-state index contributed by atoms with van der Waals surface area (Å²) in [5, 5.41) is 32.6. The van der Waals surface area contributed by atoms with E-state index in [-0.39, 0.29) is 23.6 Å². The van der Waals surface area contributed by atoms with Crippen LogP contribution >= 0.6 is 0 Å². The number of nitrogen functional groups attached to an aromatic ring is 1. The largest absolute Gasteiger partial charge is 0.389 e. The van der Waals surface area contributed by atoms with Crippen molar-refractivity contribution >= 4 is 11.5 Å². The Morgan fingerprint density at radius 1 is 1.65 bits per heavy atom. The van der Waals surface area contributed by atoms with Gasteiger partial charge in [0, 0.05) is 18.2 Å². The molecule has 1 aromatic rings. The van der Waals surface area contributed by atoms with Crippen LogP contribution in [-0.4, -0.2) is 39.8 Å². The predicted molar refractivity (Wildman–Crippen MR) is 60.2 cm³/mol. The Morgan fingerprint density at radius 3 is 2.82 bits per heavy atom. The summed E-state index contributed by atoms with van der Waals surface area (Å²) < 4.78 is 0. The Bertz CT molecular complexity index is 412. The second-order valence-corrected chi connectivity index (χ2v) is 3.49. The number of hydrogen-bond donors (Lipinski definition) is 4. The molecule has 1 heterocycles. The van der Waals surface area contributed by atoms with E-state index in [0.29, 0.717) is 0 Å². The molecule has 0 saturated heterocycles. The normalized spacial score (nSPS) is 14.3. The zero-order valence-corrected chi connectivity index (χ0v) is 9.20. The van der Waals surface area contributed by atoms with Crippen LogP contribution in [0.2, 0.25) is 0 Å². The van der Waals surface area contributed by atoms with Gasteiger partial charge in [-0.2, -0.15) is 0 Å². The summed E-state index contributed by atoms with van der Waals surface area (Å²) in [7, 11) is 1.60. The fourth-order valence-corrected chi connectivity index (χ4v) is 1.35. The molecule has 0 aromatic carbocycles. The topological polar surface area (TPSA) is 135 Å². The van der Waals surface area contributed by atoms with Gasteiger partial charge in [-0.05, 0) is 7.05 Å². The molecule has 0 aliphatic rings. The van der Waals surface area contributed by atoms with Crippen LogP contribution in [0.5, 0.6) is 0 Å². The monoisotopic (exact) mass is 242 g/mol. The van der Waals surface area contributed by atoms with E-state index in [4.69, 9.17) is 5.73 Å². The van der Waals surface area contributed by atoms with Crippen molar-refractivity contribution in [3.63, 3.8) is 0 Å². The van der Waals surface area contributed by atoms with Crippen LogP contribution in [0.25, 0.3) is 0 Å². The Balaban J connectivity index is 3.03. The number of aliphatic hydroxyl groups is 2. The molecule has 2 unspecified atom stereocenters. The van der Waals surface area contributed by atoms with Gasteiger partial charge >= 0.3 is 0 Å². The lowest BCUT2D eigenvalue weighted by atomic mass is 10.0. The molecule has 94 valence electrons. The summed E-state index contributed by atoms with van der Waals surface area (Å²) in [4.78, 5) is 13.5. The van der Waals surface area contributed by atoms with E-state index in [0.717, 1.165) is 12.3 Å². The van der Waals surface area contributed by atoms with Crippen LogP contribution in [0.3, 0.4) is 0 Å². The lowest BCUT2D eigenvalue weighted by Crippen LogP contribution is -2.30. The van der Waals surface area contributed by atoms with Gasteiger partial charge in [-0.1, -0.05) is 0 Å². The smallest absolute Gasteiger partial charge is 0.288 e. The number of pyridine rings is 1. The van der Waals surface area contributed by atoms with Crippen molar-refractivity contribution in [1.29, 1.82) is 0 Å². The van der Waals surface area contributed by atoms with E-state index in [1.807, 2.05) is 0 Å². The molecule has 1 aromatic heterocycles. The number of aliphatic hydroxyl groups excluding tert-OH is 2. The highest BCUT2D eigenvalue weighted by molar-refractivity contribution is 5.47. The number of nitrogens with one attached hydrogen (secondary N) is 1. The molecule has 0 radical (unpaired) electrons. The third-order valence-electron chi connectivity index (χ3n) is 2.24. The van der Waals surface area contributed by atoms with E-state index in [9.17, 15) is 20.3 Å². The number of anilines is 1. The second kappa shape index (κ2) is 5.53. The average molecular weight is 242 g/mol. The first-order chi connectivity index (χ1) is 7.97. The maximum Gasteiger partial charge on any atom is 0.288 e. The average Bonchev–Trinajstić information content (AvgIpc) is 2.28. The molecular formula is C9H14N4O4. The second-order valence-electron chi connectivity index (χ2n) is 3.49. The van der Waals surface area contributed by atoms with Gasteiger partial charge in [0.2, 0.25) is 0 Å². The molecule has 0 amide bonds. The number of likely N-dealkylation sites (N-methyl/N-ethyl adjacent to an activating group) is 1. The van der Waals surface area contributed by atoms with Crippen molar-refractivity contribution in [3.05, 3.63) is 27.9 Å². The van der Waals surface area contributed by atoms with Crippen molar-refractivity contribution in [2.75, 3.05) is 19.3 Å². The highest BCUT2D eigenvalue weighted by Crippen LogP contribution is 2.25. The van der Waals surface area contributed by atoms with Gasteiger partial charge in [-0.25, -0.2) is 4.98 Å². The SMILES string of the molecule is CNCC(O)C(O)c1cc([N+](=O)[O-])cnc1N. The minimum atomic E-state index is -1.32. The quantitative estimate of drug-likeness (QED) is 0.391. The number of rotatable bonds is 5. The molecule has 17 heavy (non-hydrogen) atoms. The Labute approximate surface area is 97.2 Å². The van der Waals surface area contributed by atoms with Gasteiger partial charge in [0.05, 0.1) is 11.0 Å². The Morgan fingerprint density at radius 2 is 2.29 bits per heavy atom. The minimum Gasteiger partial charge on any atom is -0.389 e. The number of aromatic nitrogens is 1.